The van der Waals surface area contributed by atoms with Crippen molar-refractivity contribution in [3.05, 3.63) is 29.3 Å². The molecule has 0 unspecified atom stereocenters. The van der Waals surface area contributed by atoms with Gasteiger partial charge in [-0.15, -0.1) is 0 Å². The van der Waals surface area contributed by atoms with Gasteiger partial charge in [0.05, 0.1) is 19.2 Å². The summed E-state index contributed by atoms with van der Waals surface area (Å²) in [5.41, 5.74) is 1.95. The van der Waals surface area contributed by atoms with Gasteiger partial charge in [-0.25, -0.2) is 9.59 Å². The van der Waals surface area contributed by atoms with E-state index in [1.807, 2.05) is 6.92 Å². The Labute approximate surface area is 122 Å². The zero-order chi connectivity index (χ0) is 15.4. The molecule has 0 spiro atoms. The van der Waals surface area contributed by atoms with E-state index in [1.54, 1.807) is 18.2 Å². The maximum atomic E-state index is 11.9. The molecular weight excluding hydrogens is 274 g/mol. The normalized spacial score (nSPS) is 13.8. The number of aryl methyl sites for hydroxylation is 1. The Kier molecular flexibility index (Phi) is 4.42. The molecule has 21 heavy (non-hydrogen) atoms. The lowest BCUT2D eigenvalue weighted by Gasteiger charge is -2.15. The number of nitrogens with zero attached hydrogens (tertiary/aromatic N) is 1. The molecule has 1 aromatic rings. The van der Waals surface area contributed by atoms with Crippen molar-refractivity contribution in [1.82, 2.24) is 10.2 Å². The minimum Gasteiger partial charge on any atom is -0.465 e. The van der Waals surface area contributed by atoms with Crippen LogP contribution in [0.25, 0.3) is 0 Å². The molecule has 7 nitrogen and oxygen atoms in total. The van der Waals surface area contributed by atoms with Crippen molar-refractivity contribution in [2.24, 2.45) is 0 Å². The maximum absolute atomic E-state index is 11.9. The van der Waals surface area contributed by atoms with Crippen LogP contribution in [0.5, 0.6) is 0 Å². The molecule has 0 atom stereocenters. The molecule has 7 heteroatoms. The number of urea groups is 1. The molecule has 1 aliphatic heterocycles. The van der Waals surface area contributed by atoms with Crippen LogP contribution in [0, 0.1) is 6.92 Å². The molecule has 1 saturated heterocycles. The lowest BCUT2D eigenvalue weighted by Crippen LogP contribution is -2.38. The molecule has 3 amide bonds. The summed E-state index contributed by atoms with van der Waals surface area (Å²) < 4.78 is 4.66. The zero-order valence-electron chi connectivity index (χ0n) is 11.9. The van der Waals surface area contributed by atoms with Gasteiger partial charge in [0.2, 0.25) is 5.91 Å². The van der Waals surface area contributed by atoms with Gasteiger partial charge < -0.3 is 15.4 Å². The van der Waals surface area contributed by atoms with Crippen molar-refractivity contribution in [3.8, 4) is 0 Å². The molecule has 2 rings (SSSR count). The van der Waals surface area contributed by atoms with Crippen molar-refractivity contribution in [1.29, 1.82) is 0 Å². The van der Waals surface area contributed by atoms with Crippen molar-refractivity contribution in [2.75, 3.05) is 32.1 Å². The molecule has 1 heterocycles. The van der Waals surface area contributed by atoms with Gasteiger partial charge in [-0.2, -0.15) is 0 Å². The fraction of sp³-hybridized carbons (Fsp3) is 0.357. The Bertz CT molecular complexity index is 586. The Morgan fingerprint density at radius 1 is 1.43 bits per heavy atom. The van der Waals surface area contributed by atoms with Crippen LogP contribution >= 0.6 is 0 Å². The number of carbonyl (C=O) groups excluding carboxylic acids is 3. The highest BCUT2D eigenvalue weighted by Crippen LogP contribution is 2.17. The van der Waals surface area contributed by atoms with Gasteiger partial charge >= 0.3 is 12.0 Å². The number of amides is 3. The number of hydrogen-bond donors (Lipinski definition) is 2. The zero-order valence-corrected chi connectivity index (χ0v) is 11.9. The standard InChI is InChI=1S/C14H17N3O4/c1-9-3-4-10(13(19)21-2)7-11(9)16-8-12(18)17-6-5-15-14(17)20/h3-4,7,16H,5-6,8H2,1-2H3,(H,15,20). The van der Waals surface area contributed by atoms with E-state index in [9.17, 15) is 14.4 Å². The van der Waals surface area contributed by atoms with Crippen molar-refractivity contribution < 1.29 is 19.1 Å². The number of esters is 1. The third-order valence-corrected chi connectivity index (χ3v) is 3.25. The lowest BCUT2D eigenvalue weighted by molar-refractivity contribution is -0.125. The predicted molar refractivity (Wildman–Crippen MR) is 76.1 cm³/mol. The van der Waals surface area contributed by atoms with E-state index >= 15 is 0 Å². The number of nitrogens with one attached hydrogen (secondary N) is 2. The van der Waals surface area contributed by atoms with Gasteiger partial charge in [-0.05, 0) is 24.6 Å². The van der Waals surface area contributed by atoms with E-state index in [1.165, 1.54) is 7.11 Å². The molecule has 1 aliphatic rings. The average Bonchev–Trinajstić information content (AvgIpc) is 2.91. The van der Waals surface area contributed by atoms with Crippen molar-refractivity contribution in [2.45, 2.75) is 6.92 Å². The second-order valence-electron chi connectivity index (χ2n) is 4.65. The van der Waals surface area contributed by atoms with Crippen LogP contribution in [0.2, 0.25) is 0 Å². The van der Waals surface area contributed by atoms with Gasteiger partial charge in [0.25, 0.3) is 0 Å². The smallest absolute Gasteiger partial charge is 0.337 e. The first-order valence-electron chi connectivity index (χ1n) is 6.54. The summed E-state index contributed by atoms with van der Waals surface area (Å²) in [6.45, 7) is 2.69. The van der Waals surface area contributed by atoms with Gasteiger partial charge in [-0.1, -0.05) is 6.07 Å². The van der Waals surface area contributed by atoms with E-state index in [4.69, 9.17) is 0 Å². The molecule has 0 radical (unpaired) electrons. The summed E-state index contributed by atoms with van der Waals surface area (Å²) in [6.07, 6.45) is 0. The lowest BCUT2D eigenvalue weighted by atomic mass is 10.1. The molecular formula is C14H17N3O4. The number of carbonyl (C=O) groups is 3. The second-order valence-corrected chi connectivity index (χ2v) is 4.65. The van der Waals surface area contributed by atoms with Crippen LogP contribution in [0.15, 0.2) is 18.2 Å². The first kappa shape index (κ1) is 14.8. The van der Waals surface area contributed by atoms with Gasteiger partial charge in [0.15, 0.2) is 0 Å². The van der Waals surface area contributed by atoms with E-state index in [-0.39, 0.29) is 18.5 Å². The van der Waals surface area contributed by atoms with Crippen LogP contribution in [0.4, 0.5) is 10.5 Å². The summed E-state index contributed by atoms with van der Waals surface area (Å²) in [5, 5.41) is 5.52. The maximum Gasteiger partial charge on any atom is 0.337 e. The quantitative estimate of drug-likeness (QED) is 0.799. The highest BCUT2D eigenvalue weighted by Gasteiger charge is 2.25. The number of benzene rings is 1. The first-order valence-corrected chi connectivity index (χ1v) is 6.54. The molecule has 0 aromatic heterocycles. The second kappa shape index (κ2) is 6.25. The summed E-state index contributed by atoms with van der Waals surface area (Å²) in [6, 6.07) is 4.67. The monoisotopic (exact) mass is 291 g/mol. The van der Waals surface area contributed by atoms with Crippen LogP contribution < -0.4 is 10.6 Å². The number of imide groups is 1. The van der Waals surface area contributed by atoms with Crippen molar-refractivity contribution >= 4 is 23.6 Å². The third-order valence-electron chi connectivity index (χ3n) is 3.25. The number of anilines is 1. The summed E-state index contributed by atoms with van der Waals surface area (Å²) >= 11 is 0. The number of hydrogen-bond acceptors (Lipinski definition) is 5. The van der Waals surface area contributed by atoms with Gasteiger partial charge in [-0.3, -0.25) is 9.69 Å². The number of methoxy groups -OCH3 is 1. The van der Waals surface area contributed by atoms with E-state index in [0.29, 0.717) is 24.3 Å². The number of rotatable bonds is 4. The molecule has 2 N–H and O–H groups in total. The minimum absolute atomic E-state index is 0.0150. The highest BCUT2D eigenvalue weighted by molar-refractivity contribution is 5.98. The third kappa shape index (κ3) is 3.31. The topological polar surface area (TPSA) is 87.7 Å². The Balaban J connectivity index is 2.04. The Morgan fingerprint density at radius 2 is 2.19 bits per heavy atom. The summed E-state index contributed by atoms with van der Waals surface area (Å²) in [7, 11) is 1.31. The van der Waals surface area contributed by atoms with Crippen LogP contribution in [0.1, 0.15) is 15.9 Å². The van der Waals surface area contributed by atoms with Crippen LogP contribution in [0.3, 0.4) is 0 Å². The van der Waals surface area contributed by atoms with E-state index in [2.05, 4.69) is 15.4 Å². The van der Waals surface area contributed by atoms with Crippen molar-refractivity contribution in [3.63, 3.8) is 0 Å². The molecule has 1 fully saturated rings. The molecule has 1 aromatic carbocycles. The average molecular weight is 291 g/mol. The van der Waals surface area contributed by atoms with Gasteiger partial charge in [0.1, 0.15) is 0 Å². The Hall–Kier alpha value is -2.57. The fourth-order valence-corrected chi connectivity index (χ4v) is 2.03. The van der Waals surface area contributed by atoms with E-state index in [0.717, 1.165) is 10.5 Å². The highest BCUT2D eigenvalue weighted by atomic mass is 16.5. The predicted octanol–water partition coefficient (Wildman–Crippen LogP) is 0.745. The molecule has 0 aliphatic carbocycles. The molecule has 0 saturated carbocycles. The van der Waals surface area contributed by atoms with E-state index < -0.39 is 5.97 Å². The summed E-state index contributed by atoms with van der Waals surface area (Å²) in [5.74, 6) is -0.754. The minimum atomic E-state index is -0.441. The molecule has 112 valence electrons. The van der Waals surface area contributed by atoms with Crippen LogP contribution in [-0.4, -0.2) is 49.6 Å². The number of ether oxygens (including phenoxy) is 1. The van der Waals surface area contributed by atoms with Crippen LogP contribution in [-0.2, 0) is 9.53 Å². The molecule has 0 bridgehead atoms. The SMILES string of the molecule is COC(=O)c1ccc(C)c(NCC(=O)N2CCNC2=O)c1. The van der Waals surface area contributed by atoms with Gasteiger partial charge in [0, 0.05) is 18.8 Å². The Morgan fingerprint density at radius 3 is 2.81 bits per heavy atom. The first-order chi connectivity index (χ1) is 10.0. The largest absolute Gasteiger partial charge is 0.465 e. The fourth-order valence-electron chi connectivity index (χ4n) is 2.03. The summed E-state index contributed by atoms with van der Waals surface area (Å²) in [4.78, 5) is 36.0.